The van der Waals surface area contributed by atoms with Crippen molar-refractivity contribution in [3.05, 3.63) is 0 Å². The number of ether oxygens (including phenoxy) is 3. The van der Waals surface area contributed by atoms with Gasteiger partial charge < -0.3 is 24.4 Å². The molecule has 1 saturated heterocycles. The molecule has 0 spiro atoms. The molecule has 1 amide bonds. The van der Waals surface area contributed by atoms with Crippen molar-refractivity contribution < 1.29 is 47.1 Å². The first kappa shape index (κ1) is 28.7. The van der Waals surface area contributed by atoms with Crippen LogP contribution in [-0.2, 0) is 42.2 Å². The molecular weight excluding hydrogens is 445 g/mol. The van der Waals surface area contributed by atoms with E-state index in [0.717, 1.165) is 0 Å². The van der Waals surface area contributed by atoms with Gasteiger partial charge in [0.05, 0.1) is 25.0 Å². The van der Waals surface area contributed by atoms with Crippen molar-refractivity contribution in [3.8, 4) is 0 Å². The van der Waals surface area contributed by atoms with Crippen LogP contribution in [0.2, 0.25) is 0 Å². The Bertz CT molecular complexity index is 636. The highest BCUT2D eigenvalue weighted by atomic mass is 31.2. The van der Waals surface area contributed by atoms with Gasteiger partial charge in [0.2, 0.25) is 12.7 Å². The van der Waals surface area contributed by atoms with Crippen LogP contribution in [0.25, 0.3) is 0 Å². The largest absolute Gasteiger partial charge is 0.466 e. The second kappa shape index (κ2) is 12.8. The number of hydrogen-bond acceptors (Lipinski definition) is 10. The fourth-order valence-electron chi connectivity index (χ4n) is 2.41. The summed E-state index contributed by atoms with van der Waals surface area (Å²) < 4.78 is 31.1. The van der Waals surface area contributed by atoms with E-state index in [4.69, 9.17) is 27.8 Å². The van der Waals surface area contributed by atoms with Gasteiger partial charge in [-0.15, -0.1) is 0 Å². The van der Waals surface area contributed by atoms with E-state index in [1.807, 2.05) is 6.92 Å². The van der Waals surface area contributed by atoms with Gasteiger partial charge in [0, 0.05) is 31.6 Å². The predicted octanol–water partition coefficient (Wildman–Crippen LogP) is 2.14. The molecule has 0 bridgehead atoms. The molecule has 1 fully saturated rings. The third-order valence-electron chi connectivity index (χ3n) is 4.33. The maximum atomic E-state index is 12.6. The fraction of sp³-hybridized carbons (Fsp3) is 0.850. The van der Waals surface area contributed by atoms with Crippen LogP contribution >= 0.6 is 8.17 Å². The average Bonchev–Trinajstić information content (AvgIpc) is 2.69. The molecule has 0 aromatic rings. The van der Waals surface area contributed by atoms with Gasteiger partial charge in [-0.05, 0) is 27.7 Å². The second-order valence-electron chi connectivity index (χ2n) is 8.96. The first-order chi connectivity index (χ1) is 14.8. The minimum atomic E-state index is -3.88. The Labute approximate surface area is 190 Å². The van der Waals surface area contributed by atoms with Crippen LogP contribution in [0, 0.1) is 10.8 Å². The molecule has 32 heavy (non-hydrogen) atoms. The highest BCUT2D eigenvalue weighted by molar-refractivity contribution is 7.55. The van der Waals surface area contributed by atoms with E-state index in [1.165, 1.54) is 0 Å². The molecule has 0 aliphatic carbocycles. The summed E-state index contributed by atoms with van der Waals surface area (Å²) in [6, 6.07) is 0. The lowest BCUT2D eigenvalue weighted by molar-refractivity contribution is -0.165. The fourth-order valence-corrected chi connectivity index (χ4v) is 3.93. The molecule has 1 heterocycles. The normalized spacial score (nSPS) is 22.8. The first-order valence-corrected chi connectivity index (χ1v) is 12.1. The minimum Gasteiger partial charge on any atom is -0.466 e. The molecule has 1 radical (unpaired) electrons. The lowest BCUT2D eigenvalue weighted by Crippen LogP contribution is -2.50. The number of rotatable bonds is 12. The third kappa shape index (κ3) is 10.1. The van der Waals surface area contributed by atoms with Gasteiger partial charge in [0.15, 0.2) is 6.10 Å². The van der Waals surface area contributed by atoms with Crippen LogP contribution in [0.1, 0.15) is 54.4 Å². The molecule has 0 saturated carbocycles. The van der Waals surface area contributed by atoms with Crippen LogP contribution < -0.4 is 5.32 Å². The second-order valence-corrected chi connectivity index (χ2v) is 10.6. The van der Waals surface area contributed by atoms with Crippen LogP contribution in [0.3, 0.4) is 0 Å². The molecule has 1 rings (SSSR count). The van der Waals surface area contributed by atoms with Crippen LogP contribution in [0.15, 0.2) is 0 Å². The van der Waals surface area contributed by atoms with Crippen LogP contribution in [0.4, 0.5) is 0 Å². The van der Waals surface area contributed by atoms with Crippen molar-refractivity contribution in [2.75, 3.05) is 39.8 Å². The third-order valence-corrected chi connectivity index (χ3v) is 5.70. The number of hydrogen-bond donors (Lipinski definition) is 2. The highest BCUT2D eigenvalue weighted by Crippen LogP contribution is 2.63. The Morgan fingerprint density at radius 2 is 1.88 bits per heavy atom. The molecule has 2 N–H and O–H groups in total. The van der Waals surface area contributed by atoms with Crippen molar-refractivity contribution in [1.29, 1.82) is 0 Å². The van der Waals surface area contributed by atoms with E-state index in [-0.39, 0.29) is 26.2 Å². The summed E-state index contributed by atoms with van der Waals surface area (Å²) in [7, 11) is -3.88. The number of amides is 1. The van der Waals surface area contributed by atoms with Crippen LogP contribution in [0.5, 0.6) is 0 Å². The Morgan fingerprint density at radius 3 is 2.50 bits per heavy atom. The molecule has 0 unspecified atom stereocenters. The molecule has 12 heteroatoms. The van der Waals surface area contributed by atoms with Gasteiger partial charge in [0.25, 0.3) is 0 Å². The van der Waals surface area contributed by atoms with E-state index in [2.05, 4.69) is 5.32 Å². The van der Waals surface area contributed by atoms with Crippen LogP contribution in [-0.4, -0.2) is 68.6 Å². The predicted molar refractivity (Wildman–Crippen MR) is 115 cm³/mol. The Morgan fingerprint density at radius 1 is 1.19 bits per heavy atom. The van der Waals surface area contributed by atoms with Gasteiger partial charge in [0.1, 0.15) is 0 Å². The van der Waals surface area contributed by atoms with Crippen molar-refractivity contribution in [2.24, 2.45) is 10.8 Å². The molecule has 187 valence electrons. The van der Waals surface area contributed by atoms with E-state index < -0.39 is 49.7 Å². The minimum absolute atomic E-state index is 0.0112. The molecule has 1 aliphatic rings. The Balaban J connectivity index is 2.48. The summed E-state index contributed by atoms with van der Waals surface area (Å²) in [4.78, 5) is 46.7. The monoisotopic (exact) mass is 482 g/mol. The molecule has 1 aliphatic heterocycles. The highest BCUT2D eigenvalue weighted by Gasteiger charge is 2.50. The van der Waals surface area contributed by atoms with E-state index >= 15 is 0 Å². The topological polar surface area (TPSA) is 139 Å². The molecule has 2 atom stereocenters. The zero-order valence-electron chi connectivity index (χ0n) is 19.8. The van der Waals surface area contributed by atoms with Gasteiger partial charge in [-0.1, -0.05) is 13.8 Å². The van der Waals surface area contributed by atoms with Gasteiger partial charge >= 0.3 is 20.1 Å². The molecular formula is C20H37NO10P. The first-order valence-electron chi connectivity index (χ1n) is 10.6. The molecule has 0 aromatic heterocycles. The summed E-state index contributed by atoms with van der Waals surface area (Å²) in [5, 5.41) is 2.60. The standard InChI is InChI=1S/C20H37NO10P/c1-7-26-11-8-12-27-15(22)9-10-21-17(23)16-20(5,6)13-29-32(25,31-16)30-14-28-18(24)19(2,3)4/h16,25H,7-14H2,1-6H3,(H,21,23)/t16-/m0/s1. The Hall–Kier alpha value is -1.36. The summed E-state index contributed by atoms with van der Waals surface area (Å²) in [6.45, 7) is 11.2. The number of carbonyl (C=O) groups is 3. The smallest absolute Gasteiger partial charge is 0.381 e. The van der Waals surface area contributed by atoms with Crippen molar-refractivity contribution in [3.63, 3.8) is 0 Å². The van der Waals surface area contributed by atoms with Crippen molar-refractivity contribution in [2.45, 2.75) is 60.5 Å². The summed E-state index contributed by atoms with van der Waals surface area (Å²) in [5.74, 6) is -1.50. The van der Waals surface area contributed by atoms with Crippen molar-refractivity contribution >= 4 is 26.0 Å². The lowest BCUT2D eigenvalue weighted by Gasteiger charge is -2.43. The maximum absolute atomic E-state index is 12.6. The van der Waals surface area contributed by atoms with Crippen molar-refractivity contribution in [1.82, 2.24) is 5.32 Å². The Kier molecular flexibility index (Phi) is 11.4. The molecule has 0 aromatic carbocycles. The van der Waals surface area contributed by atoms with E-state index in [9.17, 15) is 19.3 Å². The lowest BCUT2D eigenvalue weighted by atomic mass is 9.87. The van der Waals surface area contributed by atoms with Gasteiger partial charge in [-0.2, -0.15) is 0 Å². The van der Waals surface area contributed by atoms with Gasteiger partial charge in [-0.3, -0.25) is 28.0 Å². The summed E-state index contributed by atoms with van der Waals surface area (Å²) in [5.41, 5.74) is -1.52. The summed E-state index contributed by atoms with van der Waals surface area (Å²) in [6.07, 6.45) is -0.512. The van der Waals surface area contributed by atoms with E-state index in [0.29, 0.717) is 19.6 Å². The number of nitrogens with one attached hydrogen (secondary N) is 1. The SMILES string of the molecule is CCOCCCOC(=O)CCNC(=O)[C@@H]1O[P@@](O)(OCOC(=O)C(C)(C)C)OCC1(C)C. The number of carbonyl (C=O) groups excluding carboxylic acids is 3. The zero-order valence-corrected chi connectivity index (χ0v) is 20.7. The quantitative estimate of drug-likeness (QED) is 0.184. The zero-order chi connectivity index (χ0) is 24.4. The number of esters is 2. The van der Waals surface area contributed by atoms with Gasteiger partial charge in [-0.25, -0.2) is 0 Å². The molecule has 11 nitrogen and oxygen atoms in total. The van der Waals surface area contributed by atoms with E-state index in [1.54, 1.807) is 34.6 Å². The maximum Gasteiger partial charge on any atom is 0.381 e. The average molecular weight is 482 g/mol. The summed E-state index contributed by atoms with van der Waals surface area (Å²) >= 11 is 0.